The van der Waals surface area contributed by atoms with Crippen molar-refractivity contribution < 1.29 is 4.79 Å². The third-order valence-corrected chi connectivity index (χ3v) is 7.76. The van der Waals surface area contributed by atoms with Crippen molar-refractivity contribution >= 4 is 33.8 Å². The molecule has 168 valence electrons. The first-order valence-electron chi connectivity index (χ1n) is 11.5. The zero-order valence-corrected chi connectivity index (χ0v) is 19.6. The van der Waals surface area contributed by atoms with E-state index in [0.717, 1.165) is 78.2 Å². The lowest BCUT2D eigenvalue weighted by atomic mass is 9.84. The highest BCUT2D eigenvalue weighted by molar-refractivity contribution is 7.14. The summed E-state index contributed by atoms with van der Waals surface area (Å²) in [4.78, 5) is 22.4. The average molecular weight is 451 g/mol. The molecule has 1 aromatic carbocycles. The van der Waals surface area contributed by atoms with Crippen molar-refractivity contribution in [1.29, 1.82) is 0 Å². The summed E-state index contributed by atoms with van der Waals surface area (Å²) in [5.41, 5.74) is 1.04. The van der Waals surface area contributed by atoms with E-state index < -0.39 is 0 Å². The number of piperazine rings is 1. The number of nitrogens with zero attached hydrogens (tertiary/aromatic N) is 5. The lowest BCUT2D eigenvalue weighted by molar-refractivity contribution is -0.121. The first-order chi connectivity index (χ1) is 15.5. The predicted octanol–water partition coefficient (Wildman–Crippen LogP) is 3.81. The van der Waals surface area contributed by atoms with Crippen LogP contribution >= 0.6 is 11.3 Å². The number of hydrogen-bond acceptors (Lipinski definition) is 7. The molecule has 7 nitrogen and oxygen atoms in total. The molecular formula is C24H30N6OS. The van der Waals surface area contributed by atoms with Gasteiger partial charge in [0.15, 0.2) is 0 Å². The van der Waals surface area contributed by atoms with Crippen LogP contribution in [0.2, 0.25) is 0 Å². The highest BCUT2D eigenvalue weighted by atomic mass is 32.1. The maximum absolute atomic E-state index is 12.9. The number of amides is 1. The summed E-state index contributed by atoms with van der Waals surface area (Å²) >= 11 is 1.58. The van der Waals surface area contributed by atoms with Gasteiger partial charge >= 0.3 is 0 Å². The molecular weight excluding hydrogens is 420 g/mol. The van der Waals surface area contributed by atoms with E-state index in [1.165, 1.54) is 0 Å². The van der Waals surface area contributed by atoms with Crippen LogP contribution in [0.25, 0.3) is 21.3 Å². The number of carbonyl (C=O) groups excluding carboxylic acids is 1. The van der Waals surface area contributed by atoms with Crippen LogP contribution in [0.4, 0.5) is 5.82 Å². The van der Waals surface area contributed by atoms with Crippen molar-refractivity contribution in [3.05, 3.63) is 35.5 Å². The van der Waals surface area contributed by atoms with Crippen LogP contribution in [-0.4, -0.2) is 70.2 Å². The van der Waals surface area contributed by atoms with Crippen LogP contribution in [-0.2, 0) is 4.79 Å². The van der Waals surface area contributed by atoms with Crippen LogP contribution in [0.1, 0.15) is 30.7 Å². The number of pyridine rings is 1. The molecule has 8 heteroatoms. The van der Waals surface area contributed by atoms with Gasteiger partial charge in [0.2, 0.25) is 5.91 Å². The highest BCUT2D eigenvalue weighted by Crippen LogP contribution is 2.30. The van der Waals surface area contributed by atoms with Crippen molar-refractivity contribution in [3.8, 4) is 10.6 Å². The Morgan fingerprint density at radius 3 is 2.53 bits per heavy atom. The van der Waals surface area contributed by atoms with E-state index in [9.17, 15) is 4.79 Å². The minimum absolute atomic E-state index is 0.0758. The molecule has 1 amide bonds. The van der Waals surface area contributed by atoms with E-state index in [0.29, 0.717) is 11.9 Å². The van der Waals surface area contributed by atoms with Gasteiger partial charge in [0.05, 0.1) is 0 Å². The number of benzene rings is 1. The fraction of sp³-hybridized carbons (Fsp3) is 0.500. The Labute approximate surface area is 192 Å². The number of rotatable bonds is 4. The van der Waals surface area contributed by atoms with Gasteiger partial charge in [0.25, 0.3) is 0 Å². The molecule has 0 unspecified atom stereocenters. The third kappa shape index (κ3) is 4.67. The minimum Gasteiger partial charge on any atom is -0.310 e. The molecule has 2 fully saturated rings. The molecule has 0 atom stereocenters. The van der Waals surface area contributed by atoms with Crippen LogP contribution in [0.5, 0.6) is 0 Å². The van der Waals surface area contributed by atoms with Gasteiger partial charge in [0, 0.05) is 55.3 Å². The minimum atomic E-state index is 0.0758. The second kappa shape index (κ2) is 9.21. The summed E-state index contributed by atoms with van der Waals surface area (Å²) in [5.74, 6) is 0.797. The zero-order chi connectivity index (χ0) is 22.1. The lowest BCUT2D eigenvalue weighted by Crippen LogP contribution is -2.50. The fourth-order valence-electron chi connectivity index (χ4n) is 4.87. The molecule has 2 aromatic heterocycles. The highest BCUT2D eigenvalue weighted by Gasteiger charge is 2.30. The Morgan fingerprint density at radius 2 is 1.81 bits per heavy atom. The second-order valence-electron chi connectivity index (χ2n) is 9.09. The maximum Gasteiger partial charge on any atom is 0.228 e. The van der Waals surface area contributed by atoms with Crippen molar-refractivity contribution in [2.75, 3.05) is 38.5 Å². The standard InChI is InChI=1S/C24H30N6OS/c1-16-27-28-24(32-16)18-3-4-19-15-25-22(14-20(19)13-18)26-23(31)17-5-7-21(8-6-17)30-11-9-29(2)10-12-30/h3-4,13-15,17,21H,5-12H2,1-2H3,(H,25,26,31). The Hall–Kier alpha value is -2.42. The molecule has 0 radical (unpaired) electrons. The zero-order valence-electron chi connectivity index (χ0n) is 18.8. The number of fused-ring (bicyclic) bond motifs is 1. The summed E-state index contributed by atoms with van der Waals surface area (Å²) in [7, 11) is 2.19. The van der Waals surface area contributed by atoms with Gasteiger partial charge in [-0.3, -0.25) is 9.69 Å². The molecule has 0 spiro atoms. The molecule has 2 aliphatic rings. The van der Waals surface area contributed by atoms with Crippen LogP contribution in [0, 0.1) is 12.8 Å². The first kappa shape index (κ1) is 21.4. The number of aryl methyl sites for hydroxylation is 1. The number of aromatic nitrogens is 3. The van der Waals surface area contributed by atoms with Crippen molar-refractivity contribution in [2.24, 2.45) is 5.92 Å². The van der Waals surface area contributed by atoms with Gasteiger partial charge in [-0.05, 0) is 57.2 Å². The Balaban J connectivity index is 1.22. The lowest BCUT2D eigenvalue weighted by Gasteiger charge is -2.40. The van der Waals surface area contributed by atoms with E-state index in [2.05, 4.69) is 43.4 Å². The number of carbonyl (C=O) groups is 1. The monoisotopic (exact) mass is 450 g/mol. The van der Waals surface area contributed by atoms with E-state index in [4.69, 9.17) is 0 Å². The quantitative estimate of drug-likeness (QED) is 0.652. The summed E-state index contributed by atoms with van der Waals surface area (Å²) in [6, 6.07) is 8.77. The summed E-state index contributed by atoms with van der Waals surface area (Å²) < 4.78 is 0. The smallest absolute Gasteiger partial charge is 0.228 e. The topological polar surface area (TPSA) is 74.2 Å². The molecule has 1 N–H and O–H groups in total. The Kier molecular flexibility index (Phi) is 6.17. The number of likely N-dealkylation sites (N-methyl/N-ethyl adjacent to an activating group) is 1. The van der Waals surface area contributed by atoms with Gasteiger partial charge in [-0.25, -0.2) is 4.98 Å². The molecule has 1 saturated heterocycles. The normalized spacial score (nSPS) is 22.8. The number of anilines is 1. The van der Waals surface area contributed by atoms with Crippen LogP contribution in [0.3, 0.4) is 0 Å². The molecule has 32 heavy (non-hydrogen) atoms. The van der Waals surface area contributed by atoms with Gasteiger partial charge in [-0.15, -0.1) is 10.2 Å². The van der Waals surface area contributed by atoms with Crippen molar-refractivity contribution in [3.63, 3.8) is 0 Å². The van der Waals surface area contributed by atoms with E-state index in [-0.39, 0.29) is 11.8 Å². The van der Waals surface area contributed by atoms with Crippen molar-refractivity contribution in [1.82, 2.24) is 25.0 Å². The number of nitrogens with one attached hydrogen (secondary N) is 1. The van der Waals surface area contributed by atoms with Gasteiger partial charge in [-0.1, -0.05) is 23.5 Å². The van der Waals surface area contributed by atoms with Crippen LogP contribution in [0.15, 0.2) is 30.5 Å². The molecule has 1 saturated carbocycles. The SMILES string of the molecule is Cc1nnc(-c2ccc3cnc(NC(=O)C4CCC(N5CCN(C)CC5)CC4)cc3c2)s1. The maximum atomic E-state index is 12.9. The predicted molar refractivity (Wildman–Crippen MR) is 129 cm³/mol. The third-order valence-electron chi connectivity index (χ3n) is 6.87. The van der Waals surface area contributed by atoms with Crippen molar-refractivity contribution in [2.45, 2.75) is 38.6 Å². The number of hydrogen-bond donors (Lipinski definition) is 1. The van der Waals surface area contributed by atoms with Gasteiger partial charge in [0.1, 0.15) is 15.8 Å². The second-order valence-corrected chi connectivity index (χ2v) is 10.3. The molecule has 3 aromatic rings. The van der Waals surface area contributed by atoms with Gasteiger partial charge in [-0.2, -0.15) is 0 Å². The van der Waals surface area contributed by atoms with Gasteiger partial charge < -0.3 is 10.2 Å². The molecule has 3 heterocycles. The molecule has 0 bridgehead atoms. The largest absolute Gasteiger partial charge is 0.310 e. The Morgan fingerprint density at radius 1 is 1.03 bits per heavy atom. The van der Waals surface area contributed by atoms with E-state index in [1.54, 1.807) is 11.3 Å². The van der Waals surface area contributed by atoms with Crippen LogP contribution < -0.4 is 5.32 Å². The molecule has 5 rings (SSSR count). The summed E-state index contributed by atoms with van der Waals surface area (Å²) in [6.07, 6.45) is 5.95. The average Bonchev–Trinajstić information content (AvgIpc) is 3.25. The fourth-order valence-corrected chi connectivity index (χ4v) is 5.56. The summed E-state index contributed by atoms with van der Waals surface area (Å²) in [6.45, 7) is 6.55. The molecule has 1 aliphatic carbocycles. The summed E-state index contributed by atoms with van der Waals surface area (Å²) in [5, 5.41) is 15.4. The van der Waals surface area contributed by atoms with E-state index >= 15 is 0 Å². The first-order valence-corrected chi connectivity index (χ1v) is 12.3. The van der Waals surface area contributed by atoms with E-state index in [1.807, 2.05) is 31.3 Å². The Bertz CT molecular complexity index is 1100. The molecule has 1 aliphatic heterocycles.